The number of rotatable bonds is 6. The van der Waals surface area contributed by atoms with Gasteiger partial charge in [0.15, 0.2) is 6.61 Å². The molecule has 118 valence electrons. The SMILES string of the molecule is NC(=O)COc1ccc(CCO)cc1-n1nc2ccccc2n1. The molecule has 0 fully saturated rings. The summed E-state index contributed by atoms with van der Waals surface area (Å²) in [4.78, 5) is 12.4. The Balaban J connectivity index is 2.05. The molecule has 0 aliphatic carbocycles. The number of ether oxygens (including phenoxy) is 1. The highest BCUT2D eigenvalue weighted by molar-refractivity contribution is 5.76. The number of nitrogens with zero attached hydrogens (tertiary/aromatic N) is 3. The van der Waals surface area contributed by atoms with Crippen LogP contribution in [-0.2, 0) is 11.2 Å². The number of fused-ring (bicyclic) bond motifs is 1. The number of hydrogen-bond acceptors (Lipinski definition) is 5. The molecule has 0 spiro atoms. The van der Waals surface area contributed by atoms with Gasteiger partial charge < -0.3 is 15.6 Å². The van der Waals surface area contributed by atoms with Gasteiger partial charge >= 0.3 is 0 Å². The van der Waals surface area contributed by atoms with E-state index in [0.717, 1.165) is 16.6 Å². The number of benzene rings is 2. The first kappa shape index (κ1) is 15.0. The van der Waals surface area contributed by atoms with Crippen LogP contribution in [0.4, 0.5) is 0 Å². The van der Waals surface area contributed by atoms with Crippen molar-refractivity contribution in [3.8, 4) is 11.4 Å². The number of nitrogens with two attached hydrogens (primary N) is 1. The minimum atomic E-state index is -0.561. The van der Waals surface area contributed by atoms with E-state index in [1.54, 1.807) is 6.07 Å². The van der Waals surface area contributed by atoms with E-state index in [9.17, 15) is 4.79 Å². The van der Waals surface area contributed by atoms with Crippen LogP contribution in [0.3, 0.4) is 0 Å². The van der Waals surface area contributed by atoms with Gasteiger partial charge in [0, 0.05) is 6.61 Å². The van der Waals surface area contributed by atoms with Crippen LogP contribution >= 0.6 is 0 Å². The minimum absolute atomic E-state index is 0.0371. The number of amides is 1. The van der Waals surface area contributed by atoms with Crippen LogP contribution in [0.5, 0.6) is 5.75 Å². The zero-order valence-electron chi connectivity index (χ0n) is 12.3. The van der Waals surface area contributed by atoms with Gasteiger partial charge in [-0.3, -0.25) is 4.79 Å². The van der Waals surface area contributed by atoms with Crippen LogP contribution in [-0.4, -0.2) is 39.2 Å². The van der Waals surface area contributed by atoms with Crippen molar-refractivity contribution in [2.75, 3.05) is 13.2 Å². The molecule has 3 rings (SSSR count). The molecule has 0 saturated heterocycles. The van der Waals surface area contributed by atoms with Crippen molar-refractivity contribution < 1.29 is 14.6 Å². The average Bonchev–Trinajstić information content (AvgIpc) is 2.97. The molecule has 1 heterocycles. The van der Waals surface area contributed by atoms with Crippen molar-refractivity contribution in [2.45, 2.75) is 6.42 Å². The van der Waals surface area contributed by atoms with Crippen LogP contribution < -0.4 is 10.5 Å². The summed E-state index contributed by atoms with van der Waals surface area (Å²) in [6, 6.07) is 12.9. The van der Waals surface area contributed by atoms with Crippen molar-refractivity contribution in [1.82, 2.24) is 15.0 Å². The zero-order valence-corrected chi connectivity index (χ0v) is 12.3. The predicted molar refractivity (Wildman–Crippen MR) is 84.3 cm³/mol. The second-order valence-electron chi connectivity index (χ2n) is 5.01. The lowest BCUT2D eigenvalue weighted by atomic mass is 10.1. The molecule has 3 N–H and O–H groups in total. The number of primary amides is 1. The van der Waals surface area contributed by atoms with Gasteiger partial charge in [0.25, 0.3) is 5.91 Å². The fourth-order valence-corrected chi connectivity index (χ4v) is 2.24. The first-order valence-electron chi connectivity index (χ1n) is 7.15. The summed E-state index contributed by atoms with van der Waals surface area (Å²) in [6.45, 7) is -0.192. The lowest BCUT2D eigenvalue weighted by Crippen LogP contribution is -2.20. The smallest absolute Gasteiger partial charge is 0.255 e. The van der Waals surface area contributed by atoms with E-state index in [4.69, 9.17) is 15.6 Å². The third-order valence-corrected chi connectivity index (χ3v) is 3.30. The minimum Gasteiger partial charge on any atom is -0.481 e. The van der Waals surface area contributed by atoms with E-state index in [0.29, 0.717) is 17.9 Å². The van der Waals surface area contributed by atoms with Crippen molar-refractivity contribution in [3.63, 3.8) is 0 Å². The molecule has 0 bridgehead atoms. The Kier molecular flexibility index (Phi) is 4.20. The van der Waals surface area contributed by atoms with Gasteiger partial charge in [0.05, 0.1) is 0 Å². The Morgan fingerprint density at radius 1 is 1.17 bits per heavy atom. The average molecular weight is 312 g/mol. The van der Waals surface area contributed by atoms with E-state index in [2.05, 4.69) is 10.2 Å². The van der Waals surface area contributed by atoms with Gasteiger partial charge in [-0.25, -0.2) is 0 Å². The van der Waals surface area contributed by atoms with Crippen molar-refractivity contribution in [1.29, 1.82) is 0 Å². The Morgan fingerprint density at radius 2 is 1.87 bits per heavy atom. The lowest BCUT2D eigenvalue weighted by molar-refractivity contribution is -0.119. The second kappa shape index (κ2) is 6.45. The molecular formula is C16H16N4O3. The maximum atomic E-state index is 11.0. The Morgan fingerprint density at radius 3 is 2.48 bits per heavy atom. The molecular weight excluding hydrogens is 296 g/mol. The number of aliphatic hydroxyl groups excluding tert-OH is 1. The van der Waals surface area contributed by atoms with Crippen LogP contribution in [0, 0.1) is 0 Å². The van der Waals surface area contributed by atoms with Gasteiger partial charge in [-0.05, 0) is 36.2 Å². The Hall–Kier alpha value is -2.93. The Labute approximate surface area is 132 Å². The van der Waals surface area contributed by atoms with Gasteiger partial charge in [0.1, 0.15) is 22.5 Å². The molecule has 0 saturated carbocycles. The van der Waals surface area contributed by atoms with Crippen LogP contribution in [0.1, 0.15) is 5.56 Å². The molecule has 0 unspecified atom stereocenters. The maximum absolute atomic E-state index is 11.0. The first-order valence-corrected chi connectivity index (χ1v) is 7.15. The first-order chi connectivity index (χ1) is 11.2. The second-order valence-corrected chi connectivity index (χ2v) is 5.01. The van der Waals surface area contributed by atoms with Crippen LogP contribution in [0.15, 0.2) is 42.5 Å². The third-order valence-electron chi connectivity index (χ3n) is 3.30. The summed E-state index contributed by atoms with van der Waals surface area (Å²) in [5, 5.41) is 17.9. The summed E-state index contributed by atoms with van der Waals surface area (Å²) in [5.41, 5.74) is 8.14. The van der Waals surface area contributed by atoms with E-state index in [-0.39, 0.29) is 13.2 Å². The van der Waals surface area contributed by atoms with Crippen LogP contribution in [0.2, 0.25) is 0 Å². The van der Waals surface area contributed by atoms with Gasteiger partial charge in [-0.1, -0.05) is 18.2 Å². The van der Waals surface area contributed by atoms with Gasteiger partial charge in [-0.15, -0.1) is 15.0 Å². The van der Waals surface area contributed by atoms with E-state index in [1.165, 1.54) is 4.80 Å². The molecule has 0 aliphatic rings. The molecule has 2 aromatic carbocycles. The molecule has 0 aliphatic heterocycles. The molecule has 1 amide bonds. The Bertz CT molecular complexity index is 811. The summed E-state index contributed by atoms with van der Waals surface area (Å²) in [6.07, 6.45) is 0.504. The summed E-state index contributed by atoms with van der Waals surface area (Å²) < 4.78 is 5.44. The third kappa shape index (κ3) is 3.29. The molecule has 0 radical (unpaired) electrons. The van der Waals surface area contributed by atoms with Crippen molar-refractivity contribution >= 4 is 16.9 Å². The summed E-state index contributed by atoms with van der Waals surface area (Å²) in [5.74, 6) is -0.111. The zero-order chi connectivity index (χ0) is 16.2. The van der Waals surface area contributed by atoms with Gasteiger partial charge in [-0.2, -0.15) is 0 Å². The highest BCUT2D eigenvalue weighted by Gasteiger charge is 2.12. The molecule has 3 aromatic rings. The van der Waals surface area contributed by atoms with E-state index >= 15 is 0 Å². The van der Waals surface area contributed by atoms with E-state index < -0.39 is 5.91 Å². The number of carbonyl (C=O) groups excluding carboxylic acids is 1. The standard InChI is InChI=1S/C16H16N4O3/c17-16(22)10-23-15-6-5-11(7-8-21)9-14(15)20-18-12-3-1-2-4-13(12)19-20/h1-6,9,21H,7-8,10H2,(H2,17,22). The topological polar surface area (TPSA) is 103 Å². The highest BCUT2D eigenvalue weighted by Crippen LogP contribution is 2.24. The number of aromatic nitrogens is 3. The van der Waals surface area contributed by atoms with Gasteiger partial charge in [0.2, 0.25) is 0 Å². The largest absolute Gasteiger partial charge is 0.481 e. The molecule has 1 aromatic heterocycles. The predicted octanol–water partition coefficient (Wildman–Crippen LogP) is 0.819. The fourth-order valence-electron chi connectivity index (χ4n) is 2.24. The summed E-state index contributed by atoms with van der Waals surface area (Å²) >= 11 is 0. The molecule has 7 heteroatoms. The highest BCUT2D eigenvalue weighted by atomic mass is 16.5. The number of hydrogen-bond donors (Lipinski definition) is 2. The van der Waals surface area contributed by atoms with Crippen molar-refractivity contribution in [2.24, 2.45) is 5.73 Å². The number of aliphatic hydroxyl groups is 1. The lowest BCUT2D eigenvalue weighted by Gasteiger charge is -2.11. The maximum Gasteiger partial charge on any atom is 0.255 e. The molecule has 0 atom stereocenters. The molecule has 23 heavy (non-hydrogen) atoms. The van der Waals surface area contributed by atoms with Crippen LogP contribution in [0.25, 0.3) is 16.7 Å². The summed E-state index contributed by atoms with van der Waals surface area (Å²) in [7, 11) is 0. The fraction of sp³-hybridized carbons (Fsp3) is 0.188. The molecule has 7 nitrogen and oxygen atoms in total. The quantitative estimate of drug-likeness (QED) is 0.701. The van der Waals surface area contributed by atoms with Crippen molar-refractivity contribution in [3.05, 3.63) is 48.0 Å². The monoisotopic (exact) mass is 312 g/mol. The normalized spacial score (nSPS) is 10.8. The van der Waals surface area contributed by atoms with E-state index in [1.807, 2.05) is 36.4 Å². The number of carbonyl (C=O) groups is 1.